The van der Waals surface area contributed by atoms with E-state index in [0.717, 1.165) is 40.7 Å². The van der Waals surface area contributed by atoms with Crippen LogP contribution in [0.2, 0.25) is 0 Å². The number of hydrogen-bond acceptors (Lipinski definition) is 6. The van der Waals surface area contributed by atoms with Crippen molar-refractivity contribution >= 4 is 17.2 Å². The molecule has 0 bridgehead atoms. The molecule has 7 heteroatoms. The minimum absolute atomic E-state index is 0.105. The standard InChI is InChI=1S/C24H27N3O3S/c1-29-18-9-7-8-17(14-18)21(27-12-5-6-13-27)15-25-23(28)20-16-31-24(26-20)19-10-3-4-11-22(19)30-2/h3-4,7-11,14,16,21H,5-6,12-13,15H2,1-2H3,(H,25,28). The van der Waals surface area contributed by atoms with Gasteiger partial charge in [0.2, 0.25) is 0 Å². The summed E-state index contributed by atoms with van der Waals surface area (Å²) in [5, 5.41) is 5.67. The van der Waals surface area contributed by atoms with E-state index in [1.165, 1.54) is 24.2 Å². The predicted molar refractivity (Wildman–Crippen MR) is 123 cm³/mol. The normalized spacial score (nSPS) is 14.9. The molecule has 162 valence electrons. The summed E-state index contributed by atoms with van der Waals surface area (Å²) in [7, 11) is 3.31. The van der Waals surface area contributed by atoms with Gasteiger partial charge in [0, 0.05) is 11.9 Å². The minimum atomic E-state index is -0.163. The molecule has 0 spiro atoms. The number of likely N-dealkylation sites (tertiary alicyclic amines) is 1. The summed E-state index contributed by atoms with van der Waals surface area (Å²) in [4.78, 5) is 19.9. The number of thiazole rings is 1. The van der Waals surface area contributed by atoms with Crippen LogP contribution >= 0.6 is 11.3 Å². The number of nitrogens with zero attached hydrogens (tertiary/aromatic N) is 2. The summed E-state index contributed by atoms with van der Waals surface area (Å²) >= 11 is 1.44. The van der Waals surface area contributed by atoms with Gasteiger partial charge in [-0.25, -0.2) is 4.98 Å². The van der Waals surface area contributed by atoms with Gasteiger partial charge < -0.3 is 14.8 Å². The molecule has 2 heterocycles. The molecule has 1 atom stereocenters. The van der Waals surface area contributed by atoms with Crippen LogP contribution in [0, 0.1) is 0 Å². The zero-order valence-corrected chi connectivity index (χ0v) is 18.7. The summed E-state index contributed by atoms with van der Waals surface area (Å²) in [5.41, 5.74) is 2.46. The van der Waals surface area contributed by atoms with Crippen LogP contribution in [0.15, 0.2) is 53.9 Å². The fourth-order valence-corrected chi connectivity index (χ4v) is 4.79. The number of amides is 1. The highest BCUT2D eigenvalue weighted by Crippen LogP contribution is 2.32. The lowest BCUT2D eigenvalue weighted by Gasteiger charge is -2.28. The van der Waals surface area contributed by atoms with Gasteiger partial charge in [-0.15, -0.1) is 11.3 Å². The van der Waals surface area contributed by atoms with E-state index in [4.69, 9.17) is 9.47 Å². The highest BCUT2D eigenvalue weighted by atomic mass is 32.1. The van der Waals surface area contributed by atoms with E-state index >= 15 is 0 Å². The number of hydrogen-bond donors (Lipinski definition) is 1. The Morgan fingerprint density at radius 2 is 1.94 bits per heavy atom. The summed E-state index contributed by atoms with van der Waals surface area (Å²) < 4.78 is 10.8. The molecular formula is C24H27N3O3S. The van der Waals surface area contributed by atoms with Crippen LogP contribution < -0.4 is 14.8 Å². The fraction of sp³-hybridized carbons (Fsp3) is 0.333. The van der Waals surface area contributed by atoms with Gasteiger partial charge in [-0.2, -0.15) is 0 Å². The second kappa shape index (κ2) is 9.94. The molecule has 0 saturated carbocycles. The number of aromatic nitrogens is 1. The van der Waals surface area contributed by atoms with Crippen molar-refractivity contribution in [3.05, 3.63) is 65.2 Å². The molecule has 3 aromatic rings. The van der Waals surface area contributed by atoms with Gasteiger partial charge in [-0.3, -0.25) is 9.69 Å². The van der Waals surface area contributed by atoms with Crippen molar-refractivity contribution in [2.24, 2.45) is 0 Å². The summed E-state index contributed by atoms with van der Waals surface area (Å²) in [6, 6.07) is 15.9. The molecule has 1 aliphatic rings. The Morgan fingerprint density at radius 3 is 2.71 bits per heavy atom. The predicted octanol–water partition coefficient (Wildman–Crippen LogP) is 4.39. The molecular weight excluding hydrogens is 410 g/mol. The van der Waals surface area contributed by atoms with Gasteiger partial charge in [-0.1, -0.05) is 24.3 Å². The van der Waals surface area contributed by atoms with Crippen LogP contribution in [-0.2, 0) is 0 Å². The molecule has 0 aliphatic carbocycles. The smallest absolute Gasteiger partial charge is 0.270 e. The molecule has 1 amide bonds. The third kappa shape index (κ3) is 4.89. The molecule has 31 heavy (non-hydrogen) atoms. The second-order valence-corrected chi connectivity index (χ2v) is 8.34. The first-order chi connectivity index (χ1) is 15.2. The molecule has 1 fully saturated rings. The summed E-state index contributed by atoms with van der Waals surface area (Å²) in [5.74, 6) is 1.41. The van der Waals surface area contributed by atoms with Crippen LogP contribution in [0.25, 0.3) is 10.6 Å². The van der Waals surface area contributed by atoms with Gasteiger partial charge in [0.05, 0.1) is 25.8 Å². The van der Waals surface area contributed by atoms with E-state index in [1.807, 2.05) is 36.4 Å². The second-order valence-electron chi connectivity index (χ2n) is 7.48. The number of para-hydroxylation sites is 1. The first-order valence-electron chi connectivity index (χ1n) is 10.4. The Morgan fingerprint density at radius 1 is 1.13 bits per heavy atom. The molecule has 1 N–H and O–H groups in total. The van der Waals surface area contributed by atoms with E-state index in [2.05, 4.69) is 27.3 Å². The number of methoxy groups -OCH3 is 2. The zero-order chi connectivity index (χ0) is 21.6. The van der Waals surface area contributed by atoms with Crippen LogP contribution in [0.3, 0.4) is 0 Å². The number of ether oxygens (including phenoxy) is 2. The van der Waals surface area contributed by atoms with Crippen molar-refractivity contribution in [1.82, 2.24) is 15.2 Å². The third-order valence-electron chi connectivity index (χ3n) is 5.59. The Labute approximate surface area is 186 Å². The summed E-state index contributed by atoms with van der Waals surface area (Å²) in [6.07, 6.45) is 2.37. The summed E-state index contributed by atoms with van der Waals surface area (Å²) in [6.45, 7) is 2.59. The largest absolute Gasteiger partial charge is 0.497 e. The van der Waals surface area contributed by atoms with Crippen molar-refractivity contribution in [1.29, 1.82) is 0 Å². The Kier molecular flexibility index (Phi) is 6.84. The Hall–Kier alpha value is -2.90. The van der Waals surface area contributed by atoms with Crippen LogP contribution in [0.5, 0.6) is 11.5 Å². The van der Waals surface area contributed by atoms with E-state index in [9.17, 15) is 4.79 Å². The van der Waals surface area contributed by atoms with E-state index < -0.39 is 0 Å². The number of carbonyl (C=O) groups is 1. The molecule has 1 aromatic heterocycles. The first-order valence-corrected chi connectivity index (χ1v) is 11.3. The van der Waals surface area contributed by atoms with Crippen LogP contribution in [-0.4, -0.2) is 49.6 Å². The molecule has 0 radical (unpaired) electrons. The fourth-order valence-electron chi connectivity index (χ4n) is 3.96. The lowest BCUT2D eigenvalue weighted by atomic mass is 10.0. The number of rotatable bonds is 8. The van der Waals surface area contributed by atoms with Crippen molar-refractivity contribution in [3.63, 3.8) is 0 Å². The van der Waals surface area contributed by atoms with Gasteiger partial charge >= 0.3 is 0 Å². The van der Waals surface area contributed by atoms with Gasteiger partial charge in [0.25, 0.3) is 5.91 Å². The molecule has 1 unspecified atom stereocenters. The van der Waals surface area contributed by atoms with Crippen LogP contribution in [0.4, 0.5) is 0 Å². The highest BCUT2D eigenvalue weighted by Gasteiger charge is 2.25. The molecule has 1 aliphatic heterocycles. The number of nitrogens with one attached hydrogen (secondary N) is 1. The van der Waals surface area contributed by atoms with Crippen molar-refractivity contribution < 1.29 is 14.3 Å². The van der Waals surface area contributed by atoms with E-state index in [0.29, 0.717) is 12.2 Å². The lowest BCUT2D eigenvalue weighted by molar-refractivity contribution is 0.0933. The van der Waals surface area contributed by atoms with Gasteiger partial charge in [-0.05, 0) is 55.8 Å². The van der Waals surface area contributed by atoms with E-state index in [1.54, 1.807) is 19.6 Å². The maximum atomic E-state index is 12.9. The third-order valence-corrected chi connectivity index (χ3v) is 6.47. The van der Waals surface area contributed by atoms with Gasteiger partial charge in [0.1, 0.15) is 22.2 Å². The minimum Gasteiger partial charge on any atom is -0.497 e. The van der Waals surface area contributed by atoms with Crippen LogP contribution in [0.1, 0.15) is 34.9 Å². The SMILES string of the molecule is COc1cccc(C(CNC(=O)c2csc(-c3ccccc3OC)n2)N2CCCC2)c1. The van der Waals surface area contributed by atoms with E-state index in [-0.39, 0.29) is 11.9 Å². The Bertz CT molecular complexity index is 1030. The number of benzene rings is 2. The van der Waals surface area contributed by atoms with Crippen molar-refractivity contribution in [2.45, 2.75) is 18.9 Å². The first kappa shape index (κ1) is 21.3. The maximum absolute atomic E-state index is 12.9. The number of carbonyl (C=O) groups excluding carboxylic acids is 1. The highest BCUT2D eigenvalue weighted by molar-refractivity contribution is 7.13. The lowest BCUT2D eigenvalue weighted by Crippen LogP contribution is -2.36. The maximum Gasteiger partial charge on any atom is 0.270 e. The van der Waals surface area contributed by atoms with Crippen molar-refractivity contribution in [2.75, 3.05) is 33.9 Å². The van der Waals surface area contributed by atoms with Gasteiger partial charge in [0.15, 0.2) is 0 Å². The topological polar surface area (TPSA) is 63.7 Å². The Balaban J connectivity index is 1.48. The average Bonchev–Trinajstić information content (AvgIpc) is 3.52. The average molecular weight is 438 g/mol. The monoisotopic (exact) mass is 437 g/mol. The zero-order valence-electron chi connectivity index (χ0n) is 17.8. The molecule has 2 aromatic carbocycles. The molecule has 6 nitrogen and oxygen atoms in total. The molecule has 4 rings (SSSR count). The van der Waals surface area contributed by atoms with Crippen molar-refractivity contribution in [3.8, 4) is 22.1 Å². The molecule has 1 saturated heterocycles. The quantitative estimate of drug-likeness (QED) is 0.566.